The quantitative estimate of drug-likeness (QED) is 0.630. The van der Waals surface area contributed by atoms with Crippen molar-refractivity contribution in [2.45, 2.75) is 51.9 Å². The van der Waals surface area contributed by atoms with Gasteiger partial charge in [-0.15, -0.1) is 0 Å². The van der Waals surface area contributed by atoms with Crippen LogP contribution >= 0.6 is 0 Å². The van der Waals surface area contributed by atoms with E-state index in [-0.39, 0.29) is 5.41 Å². The van der Waals surface area contributed by atoms with Crippen molar-refractivity contribution >= 4 is 5.78 Å². The van der Waals surface area contributed by atoms with Crippen molar-refractivity contribution in [3.63, 3.8) is 0 Å². The van der Waals surface area contributed by atoms with Gasteiger partial charge in [-0.05, 0) is 31.6 Å². The summed E-state index contributed by atoms with van der Waals surface area (Å²) in [7, 11) is 0. The largest absolute Gasteiger partial charge is 0.299 e. The molecule has 2 rings (SSSR count). The molecule has 0 aliphatic heterocycles. The van der Waals surface area contributed by atoms with E-state index >= 15 is 0 Å². The second-order valence-electron chi connectivity index (χ2n) is 4.84. The summed E-state index contributed by atoms with van der Waals surface area (Å²) in [5.74, 6) is 1.33. The summed E-state index contributed by atoms with van der Waals surface area (Å²) < 4.78 is 0. The average molecular weight is 166 g/mol. The van der Waals surface area contributed by atoms with Crippen molar-refractivity contribution < 1.29 is 4.79 Å². The molecule has 0 amide bonds. The van der Waals surface area contributed by atoms with Gasteiger partial charge >= 0.3 is 0 Å². The van der Waals surface area contributed by atoms with Gasteiger partial charge in [0.05, 0.1) is 0 Å². The fourth-order valence-corrected chi connectivity index (χ4v) is 2.26. The van der Waals surface area contributed by atoms with Gasteiger partial charge in [-0.2, -0.15) is 0 Å². The summed E-state index contributed by atoms with van der Waals surface area (Å²) >= 11 is 0. The Balaban J connectivity index is 1.91. The van der Waals surface area contributed by atoms with E-state index in [4.69, 9.17) is 0 Å². The van der Waals surface area contributed by atoms with Crippen molar-refractivity contribution in [1.29, 1.82) is 0 Å². The smallest absolute Gasteiger partial charge is 0.139 e. The van der Waals surface area contributed by atoms with Gasteiger partial charge in [-0.1, -0.05) is 19.8 Å². The highest BCUT2D eigenvalue weighted by Crippen LogP contribution is 2.42. The molecule has 2 aliphatic carbocycles. The van der Waals surface area contributed by atoms with Crippen molar-refractivity contribution in [3.8, 4) is 0 Å². The molecule has 1 nitrogen and oxygen atoms in total. The van der Waals surface area contributed by atoms with Crippen LogP contribution in [0.15, 0.2) is 0 Å². The van der Waals surface area contributed by atoms with E-state index < -0.39 is 0 Å². The molecule has 2 fully saturated rings. The zero-order valence-corrected chi connectivity index (χ0v) is 7.94. The molecule has 1 heteroatoms. The topological polar surface area (TPSA) is 17.1 Å². The Labute approximate surface area is 74.5 Å². The molecule has 0 radical (unpaired) electrons. The van der Waals surface area contributed by atoms with Crippen molar-refractivity contribution in [3.05, 3.63) is 0 Å². The van der Waals surface area contributed by atoms with E-state index in [1.807, 2.05) is 0 Å². The third kappa shape index (κ3) is 1.55. The molecule has 0 aromatic carbocycles. The molecule has 2 saturated carbocycles. The number of hydrogen-bond acceptors (Lipinski definition) is 1. The minimum Gasteiger partial charge on any atom is -0.299 e. The van der Waals surface area contributed by atoms with Crippen LogP contribution in [0.2, 0.25) is 0 Å². The SMILES string of the molecule is CC1(C(=O)CC2CC2)CCCC1. The van der Waals surface area contributed by atoms with Gasteiger partial charge in [0.25, 0.3) is 0 Å². The first-order valence-electron chi connectivity index (χ1n) is 5.24. The van der Waals surface area contributed by atoms with Gasteiger partial charge in [0.1, 0.15) is 5.78 Å². The van der Waals surface area contributed by atoms with E-state index in [0.29, 0.717) is 5.78 Å². The first-order chi connectivity index (χ1) is 5.71. The number of carbonyl (C=O) groups excluding carboxylic acids is 1. The maximum atomic E-state index is 11.8. The normalized spacial score (nSPS) is 27.4. The van der Waals surface area contributed by atoms with Crippen LogP contribution in [0.3, 0.4) is 0 Å². The molecule has 0 unspecified atom stereocenters. The molecule has 12 heavy (non-hydrogen) atoms. The van der Waals surface area contributed by atoms with Crippen LogP contribution in [0.1, 0.15) is 51.9 Å². The molecule has 0 atom stereocenters. The summed E-state index contributed by atoms with van der Waals surface area (Å²) in [6.07, 6.45) is 8.34. The van der Waals surface area contributed by atoms with Crippen LogP contribution in [-0.4, -0.2) is 5.78 Å². The minimum absolute atomic E-state index is 0.0859. The molecule has 0 aromatic rings. The Morgan fingerprint density at radius 2 is 1.92 bits per heavy atom. The average Bonchev–Trinajstić information content (AvgIpc) is 2.73. The Hall–Kier alpha value is -0.330. The van der Waals surface area contributed by atoms with Crippen LogP contribution in [0.5, 0.6) is 0 Å². The summed E-state index contributed by atoms with van der Waals surface area (Å²) in [5.41, 5.74) is 0.0859. The highest BCUT2D eigenvalue weighted by molar-refractivity contribution is 5.85. The molecule has 0 aromatic heterocycles. The summed E-state index contributed by atoms with van der Waals surface area (Å²) in [6, 6.07) is 0. The predicted molar refractivity (Wildman–Crippen MR) is 48.9 cm³/mol. The Morgan fingerprint density at radius 3 is 2.42 bits per heavy atom. The molecule has 0 heterocycles. The van der Waals surface area contributed by atoms with Gasteiger partial charge in [-0.25, -0.2) is 0 Å². The second kappa shape index (κ2) is 2.86. The van der Waals surface area contributed by atoms with E-state index in [2.05, 4.69) is 6.92 Å². The molecular weight excluding hydrogens is 148 g/mol. The minimum atomic E-state index is 0.0859. The maximum absolute atomic E-state index is 11.8. The first kappa shape index (κ1) is 8.28. The zero-order chi connectivity index (χ0) is 8.60. The monoisotopic (exact) mass is 166 g/mol. The molecule has 68 valence electrons. The molecular formula is C11H18O. The lowest BCUT2D eigenvalue weighted by molar-refractivity contribution is -0.128. The summed E-state index contributed by atoms with van der Waals surface area (Å²) in [4.78, 5) is 11.8. The van der Waals surface area contributed by atoms with Gasteiger partial charge in [0, 0.05) is 11.8 Å². The highest BCUT2D eigenvalue weighted by Gasteiger charge is 2.38. The van der Waals surface area contributed by atoms with Gasteiger partial charge in [0.15, 0.2) is 0 Å². The highest BCUT2D eigenvalue weighted by atomic mass is 16.1. The second-order valence-corrected chi connectivity index (χ2v) is 4.84. The van der Waals surface area contributed by atoms with Gasteiger partial charge < -0.3 is 0 Å². The number of carbonyl (C=O) groups is 1. The van der Waals surface area contributed by atoms with Crippen molar-refractivity contribution in [2.24, 2.45) is 11.3 Å². The van der Waals surface area contributed by atoms with E-state index in [0.717, 1.165) is 25.2 Å². The van der Waals surface area contributed by atoms with E-state index in [1.165, 1.54) is 25.7 Å². The zero-order valence-electron chi connectivity index (χ0n) is 7.94. The lowest BCUT2D eigenvalue weighted by atomic mass is 9.82. The summed E-state index contributed by atoms with van der Waals surface area (Å²) in [6.45, 7) is 2.17. The standard InChI is InChI=1S/C11H18O/c1-11(6-2-3-7-11)10(12)8-9-4-5-9/h9H,2-8H2,1H3. The number of ketones is 1. The van der Waals surface area contributed by atoms with Crippen molar-refractivity contribution in [2.75, 3.05) is 0 Å². The van der Waals surface area contributed by atoms with Gasteiger partial charge in [0.2, 0.25) is 0 Å². The molecule has 2 aliphatic rings. The van der Waals surface area contributed by atoms with Crippen LogP contribution in [0, 0.1) is 11.3 Å². The summed E-state index contributed by atoms with van der Waals surface area (Å²) in [5, 5.41) is 0. The maximum Gasteiger partial charge on any atom is 0.139 e. The Kier molecular flexibility index (Phi) is 1.97. The van der Waals surface area contributed by atoms with E-state index in [9.17, 15) is 4.79 Å². The van der Waals surface area contributed by atoms with Crippen LogP contribution in [0.4, 0.5) is 0 Å². The third-order valence-corrected chi connectivity index (χ3v) is 3.55. The van der Waals surface area contributed by atoms with E-state index in [1.54, 1.807) is 0 Å². The number of Topliss-reactive ketones (excluding diaryl/α,β-unsaturated/α-hetero) is 1. The molecule has 0 N–H and O–H groups in total. The predicted octanol–water partition coefficient (Wildman–Crippen LogP) is 2.94. The first-order valence-corrected chi connectivity index (χ1v) is 5.24. The molecule has 0 bridgehead atoms. The van der Waals surface area contributed by atoms with Crippen molar-refractivity contribution in [1.82, 2.24) is 0 Å². The Bertz CT molecular complexity index is 185. The lowest BCUT2D eigenvalue weighted by Crippen LogP contribution is -2.24. The molecule has 0 spiro atoms. The number of rotatable bonds is 3. The lowest BCUT2D eigenvalue weighted by Gasteiger charge is -2.21. The van der Waals surface area contributed by atoms with Gasteiger partial charge in [-0.3, -0.25) is 4.79 Å². The Morgan fingerprint density at radius 1 is 1.33 bits per heavy atom. The fraction of sp³-hybridized carbons (Fsp3) is 0.909. The van der Waals surface area contributed by atoms with Crippen LogP contribution in [0.25, 0.3) is 0 Å². The van der Waals surface area contributed by atoms with Crippen LogP contribution < -0.4 is 0 Å². The number of hydrogen-bond donors (Lipinski definition) is 0. The third-order valence-electron chi connectivity index (χ3n) is 3.55. The fourth-order valence-electron chi connectivity index (χ4n) is 2.26. The molecule has 0 saturated heterocycles. The van der Waals surface area contributed by atoms with Crippen LogP contribution in [-0.2, 0) is 4.79 Å².